The first-order valence-corrected chi connectivity index (χ1v) is 8.23. The van der Waals surface area contributed by atoms with Crippen LogP contribution in [0.5, 0.6) is 0 Å². The average Bonchev–Trinajstić information content (AvgIpc) is 2.96. The van der Waals surface area contributed by atoms with Crippen molar-refractivity contribution in [3.63, 3.8) is 0 Å². The third-order valence-electron chi connectivity index (χ3n) is 3.58. The number of aliphatic carboxylic acids is 1. The van der Waals surface area contributed by atoms with Gasteiger partial charge in [-0.15, -0.1) is 11.3 Å². The molecule has 2 rings (SSSR count). The van der Waals surface area contributed by atoms with E-state index in [1.807, 2.05) is 36.6 Å². The van der Waals surface area contributed by atoms with Gasteiger partial charge in [0.15, 0.2) is 0 Å². The van der Waals surface area contributed by atoms with Gasteiger partial charge in [-0.05, 0) is 6.92 Å². The van der Waals surface area contributed by atoms with Crippen molar-refractivity contribution < 1.29 is 14.7 Å². The molecular formula is C17H20N2O3S. The van der Waals surface area contributed by atoms with Crippen LogP contribution in [0.4, 0.5) is 0 Å². The number of nitrogens with zero attached hydrogens (tertiary/aromatic N) is 2. The molecule has 122 valence electrons. The van der Waals surface area contributed by atoms with Crippen LogP contribution < -0.4 is 0 Å². The second-order valence-corrected chi connectivity index (χ2v) is 6.56. The third-order valence-corrected chi connectivity index (χ3v) is 4.52. The minimum Gasteiger partial charge on any atom is -0.481 e. The standard InChI is InChI=1S/C17H20N2O3S/c1-11-4-6-13(7-5-11)16-18-14(10-23-16)8-15(20)19(3)9-12(2)17(21)22/h4-7,10,12H,8-9H2,1-3H3,(H,21,22). The maximum Gasteiger partial charge on any atom is 0.308 e. The van der Waals surface area contributed by atoms with E-state index in [9.17, 15) is 9.59 Å². The number of carboxylic acids is 1. The summed E-state index contributed by atoms with van der Waals surface area (Å²) in [6, 6.07) is 8.09. The molecule has 2 aromatic rings. The van der Waals surface area contributed by atoms with Gasteiger partial charge in [-0.25, -0.2) is 4.98 Å². The van der Waals surface area contributed by atoms with E-state index in [1.54, 1.807) is 14.0 Å². The van der Waals surface area contributed by atoms with E-state index in [-0.39, 0.29) is 18.9 Å². The van der Waals surface area contributed by atoms with Gasteiger partial charge in [0, 0.05) is 24.5 Å². The molecule has 1 unspecified atom stereocenters. The van der Waals surface area contributed by atoms with Crippen LogP contribution in [-0.4, -0.2) is 40.5 Å². The predicted molar refractivity (Wildman–Crippen MR) is 90.4 cm³/mol. The van der Waals surface area contributed by atoms with Crippen molar-refractivity contribution in [1.29, 1.82) is 0 Å². The molecule has 0 aliphatic heterocycles. The molecule has 0 fully saturated rings. The number of rotatable bonds is 6. The Balaban J connectivity index is 1.99. The molecule has 1 aromatic carbocycles. The number of carboxylic acid groups (broad SMARTS) is 1. The SMILES string of the molecule is Cc1ccc(-c2nc(CC(=O)N(C)CC(C)C(=O)O)cs2)cc1. The van der Waals surface area contributed by atoms with Crippen LogP contribution in [0.15, 0.2) is 29.6 Å². The number of thiazole rings is 1. The predicted octanol–water partition coefficient (Wildman–Crippen LogP) is 2.84. The van der Waals surface area contributed by atoms with E-state index in [1.165, 1.54) is 21.8 Å². The van der Waals surface area contributed by atoms with Gasteiger partial charge in [-0.3, -0.25) is 9.59 Å². The zero-order chi connectivity index (χ0) is 17.0. The van der Waals surface area contributed by atoms with Gasteiger partial charge in [-0.1, -0.05) is 36.8 Å². The number of benzene rings is 1. The first-order chi connectivity index (χ1) is 10.9. The van der Waals surface area contributed by atoms with Crippen LogP contribution in [0.25, 0.3) is 10.6 Å². The summed E-state index contributed by atoms with van der Waals surface area (Å²) in [7, 11) is 1.62. The summed E-state index contributed by atoms with van der Waals surface area (Å²) in [4.78, 5) is 29.0. The van der Waals surface area contributed by atoms with Crippen molar-refractivity contribution in [1.82, 2.24) is 9.88 Å². The number of hydrogen-bond acceptors (Lipinski definition) is 4. The highest BCUT2D eigenvalue weighted by atomic mass is 32.1. The molecule has 1 aromatic heterocycles. The number of likely N-dealkylation sites (N-methyl/N-ethyl adjacent to an activating group) is 1. The molecule has 6 heteroatoms. The van der Waals surface area contributed by atoms with E-state index < -0.39 is 11.9 Å². The molecular weight excluding hydrogens is 312 g/mol. The van der Waals surface area contributed by atoms with E-state index in [0.29, 0.717) is 5.69 Å². The number of hydrogen-bond donors (Lipinski definition) is 1. The first kappa shape index (κ1) is 17.1. The van der Waals surface area contributed by atoms with Crippen molar-refractivity contribution in [3.8, 4) is 10.6 Å². The fourth-order valence-electron chi connectivity index (χ4n) is 2.10. The van der Waals surface area contributed by atoms with Crippen LogP contribution in [0.1, 0.15) is 18.2 Å². The number of carbonyl (C=O) groups excluding carboxylic acids is 1. The summed E-state index contributed by atoms with van der Waals surface area (Å²) in [5.74, 6) is -1.61. The topological polar surface area (TPSA) is 70.5 Å². The van der Waals surface area contributed by atoms with Gasteiger partial charge >= 0.3 is 5.97 Å². The monoisotopic (exact) mass is 332 g/mol. The van der Waals surface area contributed by atoms with Gasteiger partial charge in [0.25, 0.3) is 0 Å². The largest absolute Gasteiger partial charge is 0.481 e. The molecule has 0 aliphatic rings. The molecule has 1 amide bonds. The Morgan fingerprint density at radius 2 is 1.96 bits per heavy atom. The van der Waals surface area contributed by atoms with Crippen LogP contribution in [0, 0.1) is 12.8 Å². The minimum atomic E-state index is -0.903. The average molecular weight is 332 g/mol. The van der Waals surface area contributed by atoms with Crippen molar-refractivity contribution in [2.24, 2.45) is 5.92 Å². The molecule has 0 aliphatic carbocycles. The normalized spacial score (nSPS) is 12.0. The van der Waals surface area contributed by atoms with Crippen LogP contribution in [0.3, 0.4) is 0 Å². The van der Waals surface area contributed by atoms with Crippen molar-refractivity contribution in [2.45, 2.75) is 20.3 Å². The molecule has 0 spiro atoms. The number of aromatic nitrogens is 1. The minimum absolute atomic E-state index is 0.126. The van der Waals surface area contributed by atoms with E-state index >= 15 is 0 Å². The Kier molecular flexibility index (Phi) is 5.50. The van der Waals surface area contributed by atoms with Gasteiger partial charge in [0.05, 0.1) is 18.0 Å². The third kappa shape index (κ3) is 4.63. The van der Waals surface area contributed by atoms with Crippen molar-refractivity contribution >= 4 is 23.2 Å². The van der Waals surface area contributed by atoms with Gasteiger partial charge in [-0.2, -0.15) is 0 Å². The maximum absolute atomic E-state index is 12.2. The Bertz CT molecular complexity index is 694. The Morgan fingerprint density at radius 1 is 1.30 bits per heavy atom. The second kappa shape index (κ2) is 7.37. The zero-order valence-corrected chi connectivity index (χ0v) is 14.3. The molecule has 1 atom stereocenters. The highest BCUT2D eigenvalue weighted by Crippen LogP contribution is 2.24. The van der Waals surface area contributed by atoms with Crippen molar-refractivity contribution in [3.05, 3.63) is 40.9 Å². The smallest absolute Gasteiger partial charge is 0.308 e. The maximum atomic E-state index is 12.2. The molecule has 1 N–H and O–H groups in total. The fraction of sp³-hybridized carbons (Fsp3) is 0.353. The highest BCUT2D eigenvalue weighted by Gasteiger charge is 2.18. The second-order valence-electron chi connectivity index (χ2n) is 5.70. The van der Waals surface area contributed by atoms with Crippen LogP contribution in [-0.2, 0) is 16.0 Å². The molecule has 0 bridgehead atoms. The lowest BCUT2D eigenvalue weighted by Crippen LogP contribution is -2.34. The molecule has 5 nitrogen and oxygen atoms in total. The first-order valence-electron chi connectivity index (χ1n) is 7.35. The fourth-order valence-corrected chi connectivity index (χ4v) is 2.92. The van der Waals surface area contributed by atoms with Crippen LogP contribution >= 0.6 is 11.3 Å². The van der Waals surface area contributed by atoms with Crippen LogP contribution in [0.2, 0.25) is 0 Å². The molecule has 0 saturated carbocycles. The van der Waals surface area contributed by atoms with Gasteiger partial charge in [0.1, 0.15) is 5.01 Å². The summed E-state index contributed by atoms with van der Waals surface area (Å²) < 4.78 is 0. The van der Waals surface area contributed by atoms with E-state index in [0.717, 1.165) is 10.6 Å². The summed E-state index contributed by atoms with van der Waals surface area (Å²) in [6.45, 7) is 3.82. The lowest BCUT2D eigenvalue weighted by Gasteiger charge is -2.18. The highest BCUT2D eigenvalue weighted by molar-refractivity contribution is 7.13. The summed E-state index contributed by atoms with van der Waals surface area (Å²) in [5.41, 5.74) is 2.94. The summed E-state index contributed by atoms with van der Waals surface area (Å²) in [6.07, 6.45) is 0.186. The number of amides is 1. The number of carbonyl (C=O) groups is 2. The lowest BCUT2D eigenvalue weighted by atomic mass is 10.1. The Morgan fingerprint density at radius 3 is 2.57 bits per heavy atom. The summed E-state index contributed by atoms with van der Waals surface area (Å²) in [5, 5.41) is 11.7. The van der Waals surface area contributed by atoms with Crippen molar-refractivity contribution in [2.75, 3.05) is 13.6 Å². The molecule has 1 heterocycles. The zero-order valence-electron chi connectivity index (χ0n) is 13.4. The number of aryl methyl sites for hydroxylation is 1. The van der Waals surface area contributed by atoms with Gasteiger partial charge in [0.2, 0.25) is 5.91 Å². The van der Waals surface area contributed by atoms with E-state index in [2.05, 4.69) is 4.98 Å². The molecule has 23 heavy (non-hydrogen) atoms. The Hall–Kier alpha value is -2.21. The Labute approximate surface area is 139 Å². The molecule has 0 radical (unpaired) electrons. The summed E-state index contributed by atoms with van der Waals surface area (Å²) >= 11 is 1.51. The molecule has 0 saturated heterocycles. The quantitative estimate of drug-likeness (QED) is 0.883. The van der Waals surface area contributed by atoms with E-state index in [4.69, 9.17) is 5.11 Å². The van der Waals surface area contributed by atoms with Gasteiger partial charge < -0.3 is 10.0 Å². The lowest BCUT2D eigenvalue weighted by molar-refractivity contribution is -0.142.